The Morgan fingerprint density at radius 2 is 1.53 bits per heavy atom. The predicted molar refractivity (Wildman–Crippen MR) is 138 cm³/mol. The summed E-state index contributed by atoms with van der Waals surface area (Å²) in [6.45, 7) is 4.32. The number of benzene rings is 3. The summed E-state index contributed by atoms with van der Waals surface area (Å²) < 4.78 is 5.80. The number of rotatable bonds is 8. The average molecular weight is 486 g/mol. The molecule has 1 heterocycles. The highest BCUT2D eigenvalue weighted by molar-refractivity contribution is 5.95. The topological polar surface area (TPSA) is 92.9 Å². The molecule has 186 valence electrons. The molecule has 0 radical (unpaired) electrons. The van der Waals surface area contributed by atoms with Crippen molar-refractivity contribution < 1.29 is 19.1 Å². The van der Waals surface area contributed by atoms with Gasteiger partial charge in [0.25, 0.3) is 11.8 Å². The Morgan fingerprint density at radius 1 is 0.833 bits per heavy atom. The van der Waals surface area contributed by atoms with E-state index in [1.165, 1.54) is 11.1 Å². The van der Waals surface area contributed by atoms with Crippen LogP contribution in [0.4, 0.5) is 0 Å². The maximum atomic E-state index is 13.1. The molecule has 7 heteroatoms. The molecule has 3 amide bonds. The summed E-state index contributed by atoms with van der Waals surface area (Å²) in [5, 5.41) is 0. The molecular formula is C29H31N3O4. The van der Waals surface area contributed by atoms with Crippen LogP contribution in [0.15, 0.2) is 72.8 Å². The largest absolute Gasteiger partial charge is 0.488 e. The monoisotopic (exact) mass is 485 g/mol. The maximum absolute atomic E-state index is 13.1. The van der Waals surface area contributed by atoms with Gasteiger partial charge in [0.2, 0.25) is 5.91 Å². The lowest BCUT2D eigenvalue weighted by Crippen LogP contribution is -2.50. The second kappa shape index (κ2) is 11.5. The number of ether oxygens (including phenoxy) is 1. The lowest BCUT2D eigenvalue weighted by atomic mass is 10.1. The van der Waals surface area contributed by atoms with Crippen LogP contribution in [-0.4, -0.2) is 53.7 Å². The summed E-state index contributed by atoms with van der Waals surface area (Å²) in [6, 6.07) is 22.3. The van der Waals surface area contributed by atoms with Gasteiger partial charge in [-0.1, -0.05) is 54.1 Å². The highest BCUT2D eigenvalue weighted by Crippen LogP contribution is 2.20. The zero-order chi connectivity index (χ0) is 25.5. The Labute approximate surface area is 211 Å². The van der Waals surface area contributed by atoms with Crippen LogP contribution in [-0.2, 0) is 17.8 Å². The van der Waals surface area contributed by atoms with E-state index in [9.17, 15) is 14.4 Å². The molecule has 0 aromatic heterocycles. The fourth-order valence-corrected chi connectivity index (χ4v) is 4.37. The normalized spacial score (nSPS) is 13.4. The van der Waals surface area contributed by atoms with Crippen molar-refractivity contribution in [2.45, 2.75) is 26.4 Å². The molecule has 36 heavy (non-hydrogen) atoms. The second-order valence-corrected chi connectivity index (χ2v) is 9.01. The second-order valence-electron chi connectivity index (χ2n) is 9.01. The first kappa shape index (κ1) is 25.0. The average Bonchev–Trinajstić information content (AvgIpc) is 2.90. The molecule has 7 nitrogen and oxygen atoms in total. The van der Waals surface area contributed by atoms with Gasteiger partial charge in [0, 0.05) is 38.2 Å². The minimum atomic E-state index is -0.553. The summed E-state index contributed by atoms with van der Waals surface area (Å²) in [4.78, 5) is 41.0. The van der Waals surface area contributed by atoms with Crippen LogP contribution >= 0.6 is 0 Å². The number of carbonyl (C=O) groups is 3. The van der Waals surface area contributed by atoms with E-state index in [-0.39, 0.29) is 18.4 Å². The molecule has 4 rings (SSSR count). The zero-order valence-electron chi connectivity index (χ0n) is 20.5. The molecular weight excluding hydrogens is 454 g/mol. The van der Waals surface area contributed by atoms with E-state index in [1.807, 2.05) is 42.2 Å². The first-order valence-electron chi connectivity index (χ1n) is 12.1. The van der Waals surface area contributed by atoms with E-state index in [0.29, 0.717) is 49.5 Å². The van der Waals surface area contributed by atoms with Crippen molar-refractivity contribution in [2.24, 2.45) is 5.73 Å². The van der Waals surface area contributed by atoms with Gasteiger partial charge in [-0.2, -0.15) is 0 Å². The molecule has 3 aromatic carbocycles. The summed E-state index contributed by atoms with van der Waals surface area (Å²) in [7, 11) is 0. The number of nitrogens with two attached hydrogens (primary N) is 1. The van der Waals surface area contributed by atoms with E-state index < -0.39 is 5.91 Å². The number of para-hydroxylation sites is 1. The van der Waals surface area contributed by atoms with Gasteiger partial charge in [-0.25, -0.2) is 0 Å². The van der Waals surface area contributed by atoms with Gasteiger partial charge >= 0.3 is 0 Å². The van der Waals surface area contributed by atoms with Crippen molar-refractivity contribution in [3.8, 4) is 5.75 Å². The Bertz CT molecular complexity index is 1250. The van der Waals surface area contributed by atoms with Crippen LogP contribution in [0.25, 0.3) is 0 Å². The fourth-order valence-electron chi connectivity index (χ4n) is 4.37. The molecule has 0 bridgehead atoms. The van der Waals surface area contributed by atoms with E-state index in [4.69, 9.17) is 10.5 Å². The van der Waals surface area contributed by atoms with E-state index >= 15 is 0 Å². The molecule has 2 N–H and O–H groups in total. The maximum Gasteiger partial charge on any atom is 0.253 e. The number of hydrogen-bond acceptors (Lipinski definition) is 4. The van der Waals surface area contributed by atoms with Crippen LogP contribution in [0.1, 0.15) is 43.8 Å². The van der Waals surface area contributed by atoms with E-state index in [2.05, 4.69) is 6.07 Å². The minimum Gasteiger partial charge on any atom is -0.488 e. The van der Waals surface area contributed by atoms with Crippen molar-refractivity contribution in [3.05, 3.63) is 101 Å². The summed E-state index contributed by atoms with van der Waals surface area (Å²) in [5.41, 5.74) is 9.47. The van der Waals surface area contributed by atoms with Gasteiger partial charge in [-0.3, -0.25) is 14.4 Å². The highest BCUT2D eigenvalue weighted by atomic mass is 16.5. The van der Waals surface area contributed by atoms with Gasteiger partial charge < -0.3 is 20.3 Å². The SMILES string of the molecule is Cc1cccc(CCC(=O)N2CCN(C(=O)c3cccc(COc4ccccc4C(N)=O)c3)CC2)c1. The molecule has 1 aliphatic heterocycles. The van der Waals surface area contributed by atoms with Crippen molar-refractivity contribution in [1.82, 2.24) is 9.80 Å². The number of nitrogens with zero attached hydrogens (tertiary/aromatic N) is 2. The molecule has 0 atom stereocenters. The van der Waals surface area contributed by atoms with Gasteiger partial charge in [0.1, 0.15) is 12.4 Å². The van der Waals surface area contributed by atoms with Crippen LogP contribution in [0, 0.1) is 6.92 Å². The fraction of sp³-hybridized carbons (Fsp3) is 0.276. The molecule has 3 aromatic rings. The molecule has 0 spiro atoms. The molecule has 0 unspecified atom stereocenters. The minimum absolute atomic E-state index is 0.0683. The molecule has 0 aliphatic carbocycles. The lowest BCUT2D eigenvalue weighted by Gasteiger charge is -2.35. The van der Waals surface area contributed by atoms with Gasteiger partial charge in [-0.15, -0.1) is 0 Å². The van der Waals surface area contributed by atoms with Crippen LogP contribution < -0.4 is 10.5 Å². The zero-order valence-corrected chi connectivity index (χ0v) is 20.5. The predicted octanol–water partition coefficient (Wildman–Crippen LogP) is 3.59. The first-order valence-corrected chi connectivity index (χ1v) is 12.1. The van der Waals surface area contributed by atoms with Gasteiger partial charge in [0.05, 0.1) is 5.56 Å². The summed E-state index contributed by atoms with van der Waals surface area (Å²) >= 11 is 0. The quantitative estimate of drug-likeness (QED) is 0.528. The molecule has 1 fully saturated rings. The Hall–Kier alpha value is -4.13. The Balaban J connectivity index is 1.29. The van der Waals surface area contributed by atoms with Gasteiger partial charge in [0.15, 0.2) is 0 Å². The number of primary amides is 1. The first-order chi connectivity index (χ1) is 17.4. The third-order valence-electron chi connectivity index (χ3n) is 6.35. The van der Waals surface area contributed by atoms with Crippen LogP contribution in [0.3, 0.4) is 0 Å². The van der Waals surface area contributed by atoms with E-state index in [0.717, 1.165) is 12.0 Å². The number of hydrogen-bond donors (Lipinski definition) is 1. The third kappa shape index (κ3) is 6.30. The van der Waals surface area contributed by atoms with Crippen LogP contribution in [0.2, 0.25) is 0 Å². The number of piperazine rings is 1. The molecule has 1 aliphatic rings. The summed E-state index contributed by atoms with van der Waals surface area (Å²) in [6.07, 6.45) is 1.19. The Morgan fingerprint density at radius 3 is 2.28 bits per heavy atom. The van der Waals surface area contributed by atoms with Crippen LogP contribution in [0.5, 0.6) is 5.75 Å². The van der Waals surface area contributed by atoms with Crippen molar-refractivity contribution in [2.75, 3.05) is 26.2 Å². The van der Waals surface area contributed by atoms with Gasteiger partial charge in [-0.05, 0) is 48.7 Å². The standard InChI is InChI=1S/C29H31N3O4/c1-21-6-4-7-22(18-21)12-13-27(33)31-14-16-32(17-15-31)29(35)24-9-5-8-23(19-24)20-36-26-11-3-2-10-25(26)28(30)34/h2-11,18-19H,12-17,20H2,1H3,(H2,30,34). The Kier molecular flexibility index (Phi) is 8.00. The molecule has 0 saturated carbocycles. The third-order valence-corrected chi connectivity index (χ3v) is 6.35. The number of carbonyl (C=O) groups excluding carboxylic acids is 3. The smallest absolute Gasteiger partial charge is 0.253 e. The van der Waals surface area contributed by atoms with Crippen molar-refractivity contribution in [1.29, 1.82) is 0 Å². The number of amides is 3. The lowest BCUT2D eigenvalue weighted by molar-refractivity contribution is -0.132. The van der Waals surface area contributed by atoms with Crippen molar-refractivity contribution >= 4 is 17.7 Å². The highest BCUT2D eigenvalue weighted by Gasteiger charge is 2.25. The summed E-state index contributed by atoms with van der Waals surface area (Å²) in [5.74, 6) is -0.0903. The molecule has 1 saturated heterocycles. The van der Waals surface area contributed by atoms with Crippen molar-refractivity contribution in [3.63, 3.8) is 0 Å². The van der Waals surface area contributed by atoms with E-state index in [1.54, 1.807) is 41.3 Å². The number of aryl methyl sites for hydroxylation is 2.